The Morgan fingerprint density at radius 1 is 1.33 bits per heavy atom. The van der Waals surface area contributed by atoms with Crippen molar-refractivity contribution in [3.05, 3.63) is 23.8 Å². The number of carbonyl (C=O) groups excluding carboxylic acids is 1. The SMILES string of the molecule is CCCCN(CC)CC(=O)c1ccc(OC(C)C)c(N)c1. The largest absolute Gasteiger partial charge is 0.489 e. The monoisotopic (exact) mass is 292 g/mol. The van der Waals surface area contributed by atoms with E-state index in [2.05, 4.69) is 18.7 Å². The molecule has 2 N–H and O–H groups in total. The third-order valence-electron chi connectivity index (χ3n) is 3.34. The minimum absolute atomic E-state index is 0.0680. The third kappa shape index (κ3) is 5.76. The highest BCUT2D eigenvalue weighted by molar-refractivity contribution is 5.98. The van der Waals surface area contributed by atoms with Gasteiger partial charge in [-0.1, -0.05) is 20.3 Å². The number of ketones is 1. The van der Waals surface area contributed by atoms with Crippen LogP contribution in [0.2, 0.25) is 0 Å². The van der Waals surface area contributed by atoms with Gasteiger partial charge in [0.05, 0.1) is 18.3 Å². The number of rotatable bonds is 9. The van der Waals surface area contributed by atoms with Gasteiger partial charge in [0.1, 0.15) is 5.75 Å². The Morgan fingerprint density at radius 2 is 2.05 bits per heavy atom. The standard InChI is InChI=1S/C17H28N2O2/c1-5-7-10-19(6-2)12-16(20)14-8-9-17(15(18)11-14)21-13(3)4/h8-9,11,13H,5-7,10,12,18H2,1-4H3. The molecule has 0 spiro atoms. The Labute approximate surface area is 128 Å². The summed E-state index contributed by atoms with van der Waals surface area (Å²) in [6.45, 7) is 10.4. The molecule has 0 aliphatic heterocycles. The van der Waals surface area contributed by atoms with Crippen LogP contribution in [0.4, 0.5) is 5.69 Å². The van der Waals surface area contributed by atoms with Crippen molar-refractivity contribution in [3.8, 4) is 5.75 Å². The van der Waals surface area contributed by atoms with Gasteiger partial charge in [0.2, 0.25) is 0 Å². The van der Waals surface area contributed by atoms with Crippen LogP contribution in [0.5, 0.6) is 5.75 Å². The van der Waals surface area contributed by atoms with E-state index in [-0.39, 0.29) is 11.9 Å². The van der Waals surface area contributed by atoms with E-state index in [9.17, 15) is 4.79 Å². The van der Waals surface area contributed by atoms with Gasteiger partial charge in [-0.3, -0.25) is 9.69 Å². The highest BCUT2D eigenvalue weighted by Crippen LogP contribution is 2.24. The Hall–Kier alpha value is -1.55. The molecule has 0 aliphatic carbocycles. The van der Waals surface area contributed by atoms with Crippen LogP contribution in [0.25, 0.3) is 0 Å². The van der Waals surface area contributed by atoms with Crippen molar-refractivity contribution in [3.63, 3.8) is 0 Å². The van der Waals surface area contributed by atoms with Crippen molar-refractivity contribution >= 4 is 11.5 Å². The van der Waals surface area contributed by atoms with Crippen molar-refractivity contribution in [2.75, 3.05) is 25.4 Å². The molecule has 0 unspecified atom stereocenters. The first kappa shape index (κ1) is 17.5. The second-order valence-electron chi connectivity index (χ2n) is 5.56. The Kier molecular flexibility index (Phi) is 7.23. The van der Waals surface area contributed by atoms with E-state index >= 15 is 0 Å². The number of nitrogens with two attached hydrogens (primary N) is 1. The second kappa shape index (κ2) is 8.67. The quantitative estimate of drug-likeness (QED) is 0.560. The number of hydrogen-bond donors (Lipinski definition) is 1. The summed E-state index contributed by atoms with van der Waals surface area (Å²) in [6, 6.07) is 5.29. The zero-order chi connectivity index (χ0) is 15.8. The molecular formula is C17H28N2O2. The van der Waals surface area contributed by atoms with Crippen LogP contribution >= 0.6 is 0 Å². The zero-order valence-corrected chi connectivity index (χ0v) is 13.7. The smallest absolute Gasteiger partial charge is 0.176 e. The molecule has 0 aromatic heterocycles. The summed E-state index contributed by atoms with van der Waals surface area (Å²) in [7, 11) is 0. The first-order chi connectivity index (χ1) is 9.97. The molecule has 0 amide bonds. The highest BCUT2D eigenvalue weighted by Gasteiger charge is 2.13. The maximum atomic E-state index is 12.3. The van der Waals surface area contributed by atoms with E-state index in [0.29, 0.717) is 23.5 Å². The first-order valence-corrected chi connectivity index (χ1v) is 7.79. The minimum atomic E-state index is 0.0680. The fourth-order valence-corrected chi connectivity index (χ4v) is 2.11. The Morgan fingerprint density at radius 3 is 2.57 bits per heavy atom. The lowest BCUT2D eigenvalue weighted by atomic mass is 10.1. The molecule has 1 aromatic carbocycles. The van der Waals surface area contributed by atoms with Gasteiger partial charge in [0.25, 0.3) is 0 Å². The van der Waals surface area contributed by atoms with Gasteiger partial charge in [0.15, 0.2) is 5.78 Å². The lowest BCUT2D eigenvalue weighted by Crippen LogP contribution is -2.30. The number of anilines is 1. The number of carbonyl (C=O) groups is 1. The van der Waals surface area contributed by atoms with Gasteiger partial charge in [-0.25, -0.2) is 0 Å². The normalized spacial score (nSPS) is 11.1. The third-order valence-corrected chi connectivity index (χ3v) is 3.34. The van der Waals surface area contributed by atoms with Crippen molar-refractivity contribution in [1.82, 2.24) is 4.90 Å². The van der Waals surface area contributed by atoms with E-state index in [1.165, 1.54) is 0 Å². The van der Waals surface area contributed by atoms with Gasteiger partial charge in [-0.2, -0.15) is 0 Å². The predicted octanol–water partition coefficient (Wildman–Crippen LogP) is 3.36. The molecular weight excluding hydrogens is 264 g/mol. The van der Waals surface area contributed by atoms with Crippen LogP contribution in [0.3, 0.4) is 0 Å². The summed E-state index contributed by atoms with van der Waals surface area (Å²) < 4.78 is 5.59. The van der Waals surface area contributed by atoms with Crippen LogP contribution in [-0.4, -0.2) is 36.4 Å². The molecule has 118 valence electrons. The van der Waals surface area contributed by atoms with Crippen LogP contribution in [0.15, 0.2) is 18.2 Å². The first-order valence-electron chi connectivity index (χ1n) is 7.79. The van der Waals surface area contributed by atoms with Crippen molar-refractivity contribution in [2.45, 2.75) is 46.6 Å². The van der Waals surface area contributed by atoms with E-state index < -0.39 is 0 Å². The molecule has 0 saturated heterocycles. The molecule has 1 aromatic rings. The summed E-state index contributed by atoms with van der Waals surface area (Å²) in [5, 5.41) is 0. The summed E-state index contributed by atoms with van der Waals surface area (Å²) in [5.74, 6) is 0.746. The Bertz CT molecular complexity index is 458. The number of nitrogens with zero attached hydrogens (tertiary/aromatic N) is 1. The fourth-order valence-electron chi connectivity index (χ4n) is 2.11. The molecule has 21 heavy (non-hydrogen) atoms. The van der Waals surface area contributed by atoms with E-state index in [4.69, 9.17) is 10.5 Å². The van der Waals surface area contributed by atoms with Crippen LogP contribution in [0, 0.1) is 0 Å². The number of hydrogen-bond acceptors (Lipinski definition) is 4. The summed E-state index contributed by atoms with van der Waals surface area (Å²) in [4.78, 5) is 14.5. The molecule has 0 heterocycles. The lowest BCUT2D eigenvalue weighted by Gasteiger charge is -2.19. The molecule has 0 bridgehead atoms. The van der Waals surface area contributed by atoms with Gasteiger partial charge in [-0.05, 0) is 51.6 Å². The average molecular weight is 292 g/mol. The number of unbranched alkanes of at least 4 members (excludes halogenated alkanes) is 1. The number of ether oxygens (including phenoxy) is 1. The van der Waals surface area contributed by atoms with Crippen molar-refractivity contribution < 1.29 is 9.53 Å². The molecule has 1 rings (SSSR count). The number of nitrogen functional groups attached to an aromatic ring is 1. The minimum Gasteiger partial charge on any atom is -0.489 e. The summed E-state index contributed by atoms with van der Waals surface area (Å²) >= 11 is 0. The molecule has 0 radical (unpaired) electrons. The van der Waals surface area contributed by atoms with Gasteiger partial charge in [0, 0.05) is 5.56 Å². The Balaban J connectivity index is 2.71. The summed E-state index contributed by atoms with van der Waals surface area (Å²) in [5.41, 5.74) is 7.13. The molecule has 0 saturated carbocycles. The average Bonchev–Trinajstić information content (AvgIpc) is 2.44. The van der Waals surface area contributed by atoms with Gasteiger partial charge < -0.3 is 10.5 Å². The molecule has 0 fully saturated rings. The molecule has 4 nitrogen and oxygen atoms in total. The van der Waals surface area contributed by atoms with Crippen LogP contribution in [0.1, 0.15) is 50.9 Å². The number of likely N-dealkylation sites (N-methyl/N-ethyl adjacent to an activating group) is 1. The van der Waals surface area contributed by atoms with E-state index in [1.807, 2.05) is 13.8 Å². The number of benzene rings is 1. The van der Waals surface area contributed by atoms with Gasteiger partial charge in [-0.15, -0.1) is 0 Å². The summed E-state index contributed by atoms with van der Waals surface area (Å²) in [6.07, 6.45) is 2.32. The lowest BCUT2D eigenvalue weighted by molar-refractivity contribution is 0.0933. The molecule has 4 heteroatoms. The van der Waals surface area contributed by atoms with Crippen LogP contribution < -0.4 is 10.5 Å². The number of Topliss-reactive ketones (excluding diaryl/α,β-unsaturated/α-hetero) is 1. The molecule has 0 aliphatic rings. The van der Waals surface area contributed by atoms with Crippen molar-refractivity contribution in [2.24, 2.45) is 0 Å². The van der Waals surface area contributed by atoms with E-state index in [1.54, 1.807) is 18.2 Å². The zero-order valence-electron chi connectivity index (χ0n) is 13.7. The second-order valence-corrected chi connectivity index (χ2v) is 5.56. The van der Waals surface area contributed by atoms with E-state index in [0.717, 1.165) is 25.9 Å². The predicted molar refractivity (Wildman–Crippen MR) is 88.0 cm³/mol. The topological polar surface area (TPSA) is 55.6 Å². The van der Waals surface area contributed by atoms with Gasteiger partial charge >= 0.3 is 0 Å². The fraction of sp³-hybridized carbons (Fsp3) is 0.588. The highest BCUT2D eigenvalue weighted by atomic mass is 16.5. The maximum Gasteiger partial charge on any atom is 0.176 e. The van der Waals surface area contributed by atoms with Crippen molar-refractivity contribution in [1.29, 1.82) is 0 Å². The van der Waals surface area contributed by atoms with Crippen LogP contribution in [-0.2, 0) is 0 Å². The maximum absolute atomic E-state index is 12.3. The molecule has 0 atom stereocenters.